The second-order valence-corrected chi connectivity index (χ2v) is 4.01. The van der Waals surface area contributed by atoms with Crippen LogP contribution in [0.3, 0.4) is 0 Å². The van der Waals surface area contributed by atoms with Gasteiger partial charge in [0.25, 0.3) is 0 Å². The van der Waals surface area contributed by atoms with Crippen molar-refractivity contribution in [3.05, 3.63) is 29.3 Å². The molecule has 1 aromatic rings. The highest BCUT2D eigenvalue weighted by Crippen LogP contribution is 2.28. The summed E-state index contributed by atoms with van der Waals surface area (Å²) in [5.74, 6) is 3.00. The summed E-state index contributed by atoms with van der Waals surface area (Å²) >= 11 is 0. The summed E-state index contributed by atoms with van der Waals surface area (Å²) in [6.07, 6.45) is 6.07. The van der Waals surface area contributed by atoms with Crippen molar-refractivity contribution in [2.75, 3.05) is 20.3 Å². The zero-order chi connectivity index (χ0) is 13.0. The third kappa shape index (κ3) is 2.47. The van der Waals surface area contributed by atoms with Crippen LogP contribution in [-0.4, -0.2) is 26.2 Å². The van der Waals surface area contributed by atoms with Crippen LogP contribution in [0.2, 0.25) is 0 Å². The molecule has 0 saturated heterocycles. The molecule has 0 aliphatic carbocycles. The summed E-state index contributed by atoms with van der Waals surface area (Å²) in [5, 5.41) is 2.98. The van der Waals surface area contributed by atoms with E-state index in [-0.39, 0.29) is 5.97 Å². The number of carbonyl (C=O) groups excluding carboxylic acids is 1. The average molecular weight is 245 g/mol. The van der Waals surface area contributed by atoms with Gasteiger partial charge in [0.2, 0.25) is 0 Å². The van der Waals surface area contributed by atoms with Crippen LogP contribution < -0.4 is 10.1 Å². The number of methoxy groups -OCH3 is 1. The predicted molar refractivity (Wildman–Crippen MR) is 67.2 cm³/mol. The highest BCUT2D eigenvalue weighted by atomic mass is 16.5. The van der Waals surface area contributed by atoms with Crippen molar-refractivity contribution in [2.24, 2.45) is 0 Å². The van der Waals surface area contributed by atoms with E-state index < -0.39 is 6.04 Å². The molecule has 1 aromatic carbocycles. The third-order valence-electron chi connectivity index (χ3n) is 2.89. The van der Waals surface area contributed by atoms with Crippen molar-refractivity contribution in [1.29, 1.82) is 0 Å². The molecule has 4 nitrogen and oxygen atoms in total. The molecule has 1 N–H and O–H groups in total. The largest absolute Gasteiger partial charge is 0.493 e. The standard InChI is InChI=1S/C14H15NO3/c1-3-7-15-13(14(16)17-2)11-4-5-12-10(9-11)6-8-18-12/h1,4-5,9,13,15H,6-8H2,2H3. The summed E-state index contributed by atoms with van der Waals surface area (Å²) in [6.45, 7) is 1.01. The lowest BCUT2D eigenvalue weighted by atomic mass is 10.0. The minimum absolute atomic E-state index is 0.313. The highest BCUT2D eigenvalue weighted by Gasteiger charge is 2.22. The highest BCUT2D eigenvalue weighted by molar-refractivity contribution is 5.77. The first kappa shape index (κ1) is 12.5. The fourth-order valence-corrected chi connectivity index (χ4v) is 2.00. The van der Waals surface area contributed by atoms with E-state index in [9.17, 15) is 4.79 Å². The van der Waals surface area contributed by atoms with E-state index in [2.05, 4.69) is 11.2 Å². The molecule has 0 aromatic heterocycles. The van der Waals surface area contributed by atoms with Gasteiger partial charge in [-0.3, -0.25) is 5.32 Å². The van der Waals surface area contributed by atoms with Gasteiger partial charge in [0.15, 0.2) is 0 Å². The van der Waals surface area contributed by atoms with Crippen LogP contribution in [0.25, 0.3) is 0 Å². The Hall–Kier alpha value is -1.99. The van der Waals surface area contributed by atoms with Crippen molar-refractivity contribution in [2.45, 2.75) is 12.5 Å². The molecule has 1 aliphatic heterocycles. The van der Waals surface area contributed by atoms with E-state index in [1.807, 2.05) is 18.2 Å². The molecule has 2 rings (SSSR count). The van der Waals surface area contributed by atoms with Crippen LogP contribution in [0.4, 0.5) is 0 Å². The van der Waals surface area contributed by atoms with Gasteiger partial charge < -0.3 is 9.47 Å². The molecule has 1 unspecified atom stereocenters. The van der Waals surface area contributed by atoms with Gasteiger partial charge in [-0.1, -0.05) is 12.0 Å². The normalized spacial score (nSPS) is 14.2. The number of carbonyl (C=O) groups is 1. The summed E-state index contributed by atoms with van der Waals surface area (Å²) in [4.78, 5) is 11.7. The molecule has 0 spiro atoms. The number of rotatable bonds is 4. The van der Waals surface area contributed by atoms with Gasteiger partial charge in [-0.25, -0.2) is 4.79 Å². The SMILES string of the molecule is C#CCNC(C(=O)OC)c1ccc2c(c1)CCO2. The Balaban J connectivity index is 2.25. The number of benzene rings is 1. The van der Waals surface area contributed by atoms with Crippen LogP contribution in [0.1, 0.15) is 17.2 Å². The van der Waals surface area contributed by atoms with Crippen molar-refractivity contribution in [1.82, 2.24) is 5.32 Å². The lowest BCUT2D eigenvalue weighted by molar-refractivity contribution is -0.143. The maximum absolute atomic E-state index is 11.7. The van der Waals surface area contributed by atoms with Crippen LogP contribution in [0, 0.1) is 12.3 Å². The van der Waals surface area contributed by atoms with E-state index in [1.54, 1.807) is 0 Å². The molecule has 18 heavy (non-hydrogen) atoms. The van der Waals surface area contributed by atoms with E-state index in [1.165, 1.54) is 7.11 Å². The van der Waals surface area contributed by atoms with Crippen molar-refractivity contribution >= 4 is 5.97 Å². The maximum Gasteiger partial charge on any atom is 0.327 e. The van der Waals surface area contributed by atoms with Crippen LogP contribution >= 0.6 is 0 Å². The molecule has 0 saturated carbocycles. The topological polar surface area (TPSA) is 47.6 Å². The Kier molecular flexibility index (Phi) is 3.85. The zero-order valence-electron chi connectivity index (χ0n) is 10.2. The van der Waals surface area contributed by atoms with E-state index in [0.29, 0.717) is 13.2 Å². The van der Waals surface area contributed by atoms with Gasteiger partial charge in [0.05, 0.1) is 20.3 Å². The molecule has 1 aliphatic rings. The van der Waals surface area contributed by atoms with Gasteiger partial charge >= 0.3 is 5.97 Å². The Morgan fingerprint density at radius 2 is 2.50 bits per heavy atom. The minimum atomic E-state index is -0.531. The van der Waals surface area contributed by atoms with Crippen LogP contribution in [0.15, 0.2) is 18.2 Å². The second kappa shape index (κ2) is 5.56. The average Bonchev–Trinajstić information content (AvgIpc) is 2.86. The van der Waals surface area contributed by atoms with E-state index >= 15 is 0 Å². The minimum Gasteiger partial charge on any atom is -0.493 e. The summed E-state index contributed by atoms with van der Waals surface area (Å²) in [6, 6.07) is 5.17. The molecular formula is C14H15NO3. The summed E-state index contributed by atoms with van der Waals surface area (Å²) < 4.78 is 10.2. The molecule has 0 amide bonds. The number of terminal acetylenes is 1. The fraction of sp³-hybridized carbons (Fsp3) is 0.357. The quantitative estimate of drug-likeness (QED) is 0.636. The predicted octanol–water partition coefficient (Wildman–Crippen LogP) is 1.06. The monoisotopic (exact) mass is 245 g/mol. The van der Waals surface area contributed by atoms with Gasteiger partial charge in [-0.05, 0) is 23.3 Å². The lowest BCUT2D eigenvalue weighted by Gasteiger charge is -2.16. The molecular weight excluding hydrogens is 230 g/mol. The number of hydrogen-bond donors (Lipinski definition) is 1. The fourth-order valence-electron chi connectivity index (χ4n) is 2.00. The first-order valence-corrected chi connectivity index (χ1v) is 5.76. The maximum atomic E-state index is 11.7. The second-order valence-electron chi connectivity index (χ2n) is 4.01. The molecule has 0 fully saturated rings. The number of ether oxygens (including phenoxy) is 2. The molecule has 0 radical (unpaired) electrons. The summed E-state index contributed by atoms with van der Waals surface area (Å²) in [7, 11) is 1.36. The van der Waals surface area contributed by atoms with E-state index in [4.69, 9.17) is 15.9 Å². The Morgan fingerprint density at radius 1 is 1.67 bits per heavy atom. The van der Waals surface area contributed by atoms with Gasteiger partial charge in [0.1, 0.15) is 11.8 Å². The number of fused-ring (bicyclic) bond motifs is 1. The molecule has 1 heterocycles. The molecule has 0 bridgehead atoms. The summed E-state index contributed by atoms with van der Waals surface area (Å²) in [5.41, 5.74) is 1.96. The first-order chi connectivity index (χ1) is 8.76. The van der Waals surface area contributed by atoms with Gasteiger partial charge in [0, 0.05) is 6.42 Å². The first-order valence-electron chi connectivity index (χ1n) is 5.76. The Morgan fingerprint density at radius 3 is 3.22 bits per heavy atom. The number of esters is 1. The molecule has 4 heteroatoms. The third-order valence-corrected chi connectivity index (χ3v) is 2.89. The van der Waals surface area contributed by atoms with Gasteiger partial charge in [-0.15, -0.1) is 6.42 Å². The van der Waals surface area contributed by atoms with Crippen LogP contribution in [0.5, 0.6) is 5.75 Å². The van der Waals surface area contributed by atoms with Crippen molar-refractivity contribution < 1.29 is 14.3 Å². The molecule has 94 valence electrons. The van der Waals surface area contributed by atoms with Crippen LogP contribution in [-0.2, 0) is 16.0 Å². The Bertz CT molecular complexity index is 490. The Labute approximate surface area is 106 Å². The van der Waals surface area contributed by atoms with Crippen molar-refractivity contribution in [3.63, 3.8) is 0 Å². The van der Waals surface area contributed by atoms with Crippen molar-refractivity contribution in [3.8, 4) is 18.1 Å². The molecule has 1 atom stereocenters. The lowest BCUT2D eigenvalue weighted by Crippen LogP contribution is -2.29. The van der Waals surface area contributed by atoms with Gasteiger partial charge in [-0.2, -0.15) is 0 Å². The number of nitrogens with one attached hydrogen (secondary N) is 1. The smallest absolute Gasteiger partial charge is 0.327 e. The zero-order valence-corrected chi connectivity index (χ0v) is 10.2. The van der Waals surface area contributed by atoms with E-state index in [0.717, 1.165) is 23.3 Å². The number of hydrogen-bond acceptors (Lipinski definition) is 4.